The lowest BCUT2D eigenvalue weighted by atomic mass is 9.80. The van der Waals surface area contributed by atoms with Gasteiger partial charge in [-0.1, -0.05) is 73.5 Å². The van der Waals surface area contributed by atoms with E-state index in [-0.39, 0.29) is 37.1 Å². The van der Waals surface area contributed by atoms with Crippen molar-refractivity contribution < 1.29 is 29.0 Å². The van der Waals surface area contributed by atoms with Crippen LogP contribution < -0.4 is 5.32 Å². The lowest BCUT2D eigenvalue weighted by Gasteiger charge is -2.42. The van der Waals surface area contributed by atoms with Crippen LogP contribution in [-0.2, 0) is 20.7 Å². The molecule has 0 spiro atoms. The molecule has 11 heteroatoms. The molecule has 1 aromatic heterocycles. The summed E-state index contributed by atoms with van der Waals surface area (Å²) in [6.45, 7) is 8.73. The quantitative estimate of drug-likeness (QED) is 0.298. The number of rotatable bonds is 10. The lowest BCUT2D eigenvalue weighted by Crippen LogP contribution is -2.58. The van der Waals surface area contributed by atoms with Gasteiger partial charge in [-0.05, 0) is 45.6 Å². The van der Waals surface area contributed by atoms with Gasteiger partial charge in [0.25, 0.3) is 5.91 Å². The highest BCUT2D eigenvalue weighted by molar-refractivity contribution is 5.98. The maximum Gasteiger partial charge on any atom is 0.410 e. The summed E-state index contributed by atoms with van der Waals surface area (Å²) in [6.07, 6.45) is 4.85. The van der Waals surface area contributed by atoms with Crippen molar-refractivity contribution in [3.63, 3.8) is 0 Å². The normalized spacial score (nSPS) is 21.5. The Morgan fingerprint density at radius 2 is 1.73 bits per heavy atom. The topological polar surface area (TPSA) is 126 Å². The molecule has 3 amide bonds. The molecule has 2 unspecified atom stereocenters. The molecule has 2 heterocycles. The second-order valence-corrected chi connectivity index (χ2v) is 13.9. The van der Waals surface area contributed by atoms with Crippen molar-refractivity contribution in [3.8, 4) is 11.3 Å². The lowest BCUT2D eigenvalue weighted by molar-refractivity contribution is -0.119. The van der Waals surface area contributed by atoms with Crippen LogP contribution in [0, 0.1) is 0 Å². The SMILES string of the molecule is CC(=O)NCCOCC1(O)CCCCC1n1cnc(C(=O)N2CCN(C(=O)OC(C)(C)C)C[C@H]2Cc2ccccc2)c1-c1ccccc1. The number of nitrogens with zero attached hydrogens (tertiary/aromatic N) is 4. The molecule has 3 atom stereocenters. The Morgan fingerprint density at radius 1 is 1.02 bits per heavy atom. The number of hydrogen-bond donors (Lipinski definition) is 2. The van der Waals surface area contributed by atoms with Crippen molar-refractivity contribution in [2.75, 3.05) is 39.4 Å². The smallest absolute Gasteiger partial charge is 0.410 e. The molecule has 1 aliphatic heterocycles. The molecule has 2 N–H and O–H groups in total. The Balaban J connectivity index is 1.46. The van der Waals surface area contributed by atoms with Gasteiger partial charge >= 0.3 is 6.09 Å². The molecular weight excluding hydrogens is 610 g/mol. The minimum absolute atomic E-state index is 0.0959. The first-order valence-electron chi connectivity index (χ1n) is 16.9. The highest BCUT2D eigenvalue weighted by Gasteiger charge is 2.43. The van der Waals surface area contributed by atoms with Crippen molar-refractivity contribution in [2.45, 2.75) is 83.1 Å². The van der Waals surface area contributed by atoms with E-state index in [1.165, 1.54) is 6.92 Å². The van der Waals surface area contributed by atoms with Gasteiger partial charge < -0.3 is 34.3 Å². The third-order valence-corrected chi connectivity index (χ3v) is 9.02. The van der Waals surface area contributed by atoms with Gasteiger partial charge in [-0.25, -0.2) is 9.78 Å². The first-order chi connectivity index (χ1) is 22.9. The van der Waals surface area contributed by atoms with Crippen LogP contribution >= 0.6 is 0 Å². The van der Waals surface area contributed by atoms with Crippen molar-refractivity contribution in [1.29, 1.82) is 0 Å². The van der Waals surface area contributed by atoms with Crippen LogP contribution in [0.3, 0.4) is 0 Å². The van der Waals surface area contributed by atoms with E-state index in [0.717, 1.165) is 24.0 Å². The fraction of sp³-hybridized carbons (Fsp3) is 0.514. The third kappa shape index (κ3) is 8.62. The van der Waals surface area contributed by atoms with Crippen molar-refractivity contribution >= 4 is 17.9 Å². The van der Waals surface area contributed by atoms with Crippen molar-refractivity contribution in [3.05, 3.63) is 78.2 Å². The fourth-order valence-corrected chi connectivity index (χ4v) is 6.77. The van der Waals surface area contributed by atoms with E-state index in [1.54, 1.807) is 11.2 Å². The number of amides is 3. The molecule has 3 aromatic rings. The Bertz CT molecular complexity index is 1540. The number of piperazine rings is 1. The van der Waals surface area contributed by atoms with Gasteiger partial charge in [0.2, 0.25) is 5.91 Å². The number of aromatic nitrogens is 2. The second-order valence-electron chi connectivity index (χ2n) is 13.9. The number of aliphatic hydroxyl groups is 1. The summed E-state index contributed by atoms with van der Waals surface area (Å²) in [6, 6.07) is 19.0. The molecule has 48 heavy (non-hydrogen) atoms. The average molecular weight is 660 g/mol. The first-order valence-corrected chi connectivity index (χ1v) is 16.9. The van der Waals surface area contributed by atoms with E-state index >= 15 is 0 Å². The Hall–Kier alpha value is -4.22. The van der Waals surface area contributed by atoms with Crippen LogP contribution in [0.1, 0.15) is 75.5 Å². The molecule has 1 saturated carbocycles. The number of imidazole rings is 1. The molecular formula is C37H49N5O6. The number of benzene rings is 2. The van der Waals surface area contributed by atoms with Gasteiger partial charge in [-0.2, -0.15) is 0 Å². The molecule has 5 rings (SSSR count). The van der Waals surface area contributed by atoms with E-state index in [2.05, 4.69) is 5.32 Å². The molecule has 1 saturated heterocycles. The van der Waals surface area contributed by atoms with Gasteiger partial charge in [0.05, 0.1) is 37.3 Å². The summed E-state index contributed by atoms with van der Waals surface area (Å²) in [5.41, 5.74) is 1.03. The van der Waals surface area contributed by atoms with Crippen LogP contribution in [0.4, 0.5) is 4.79 Å². The maximum atomic E-state index is 14.6. The number of ether oxygens (including phenoxy) is 2. The van der Waals surface area contributed by atoms with Crippen molar-refractivity contribution in [1.82, 2.24) is 24.7 Å². The minimum Gasteiger partial charge on any atom is -0.444 e. The number of carbonyl (C=O) groups is 3. The Labute approximate surface area is 283 Å². The number of nitrogens with one attached hydrogen (secondary N) is 1. The van der Waals surface area contributed by atoms with Gasteiger partial charge in [0, 0.05) is 38.7 Å². The predicted molar refractivity (Wildman–Crippen MR) is 182 cm³/mol. The fourth-order valence-electron chi connectivity index (χ4n) is 6.77. The molecule has 1 aliphatic carbocycles. The van der Waals surface area contributed by atoms with E-state index in [0.29, 0.717) is 56.8 Å². The van der Waals surface area contributed by atoms with Crippen LogP contribution in [-0.4, -0.2) is 99.0 Å². The van der Waals surface area contributed by atoms with Gasteiger partial charge in [0.15, 0.2) is 5.69 Å². The average Bonchev–Trinajstić information content (AvgIpc) is 3.49. The summed E-state index contributed by atoms with van der Waals surface area (Å²) in [4.78, 5) is 47.3. The van der Waals surface area contributed by atoms with Crippen molar-refractivity contribution in [2.24, 2.45) is 0 Å². The molecule has 11 nitrogen and oxygen atoms in total. The number of hydrogen-bond acceptors (Lipinski definition) is 7. The monoisotopic (exact) mass is 659 g/mol. The third-order valence-electron chi connectivity index (χ3n) is 9.02. The highest BCUT2D eigenvalue weighted by atomic mass is 16.6. The summed E-state index contributed by atoms with van der Waals surface area (Å²) < 4.78 is 13.5. The Morgan fingerprint density at radius 3 is 2.42 bits per heavy atom. The molecule has 2 aromatic carbocycles. The second kappa shape index (κ2) is 15.3. The zero-order valence-electron chi connectivity index (χ0n) is 28.6. The van der Waals surface area contributed by atoms with E-state index in [4.69, 9.17) is 14.5 Å². The molecule has 258 valence electrons. The summed E-state index contributed by atoms with van der Waals surface area (Å²) in [5.74, 6) is -0.350. The van der Waals surface area contributed by atoms with Crippen LogP contribution in [0.2, 0.25) is 0 Å². The molecule has 2 aliphatic rings. The largest absolute Gasteiger partial charge is 0.444 e. The van der Waals surface area contributed by atoms with Crippen LogP contribution in [0.15, 0.2) is 67.0 Å². The Kier molecular flexibility index (Phi) is 11.2. The zero-order chi connectivity index (χ0) is 34.3. The van der Waals surface area contributed by atoms with E-state index in [1.807, 2.05) is 90.9 Å². The summed E-state index contributed by atoms with van der Waals surface area (Å²) >= 11 is 0. The van der Waals surface area contributed by atoms with Crippen LogP contribution in [0.25, 0.3) is 11.3 Å². The minimum atomic E-state index is -1.19. The van der Waals surface area contributed by atoms with Gasteiger partial charge in [-0.3, -0.25) is 9.59 Å². The maximum absolute atomic E-state index is 14.6. The van der Waals surface area contributed by atoms with Gasteiger partial charge in [-0.15, -0.1) is 0 Å². The number of carbonyl (C=O) groups excluding carboxylic acids is 3. The molecule has 0 bridgehead atoms. The van der Waals surface area contributed by atoms with Gasteiger partial charge in [0.1, 0.15) is 11.2 Å². The van der Waals surface area contributed by atoms with Crippen LogP contribution in [0.5, 0.6) is 0 Å². The zero-order valence-corrected chi connectivity index (χ0v) is 28.6. The standard InChI is InChI=1S/C37H49N5O6/c1-27(43)38-19-22-47-25-37(46)18-12-11-17-31(37)42-26-39-32(33(42)29-15-9-6-10-16-29)34(44)41-21-20-40(35(45)48-36(2,3)4)24-30(41)23-28-13-7-5-8-14-28/h5-10,13-16,26,30-31,46H,11-12,17-25H2,1-4H3,(H,38,43)/t30-,31?,37?/m1/s1. The van der Waals surface area contributed by atoms with E-state index in [9.17, 15) is 19.5 Å². The summed E-state index contributed by atoms with van der Waals surface area (Å²) in [7, 11) is 0. The summed E-state index contributed by atoms with van der Waals surface area (Å²) in [5, 5.41) is 14.7. The predicted octanol–water partition coefficient (Wildman–Crippen LogP) is 4.85. The first kappa shape index (κ1) is 35.1. The molecule has 2 fully saturated rings. The highest BCUT2D eigenvalue weighted by Crippen LogP contribution is 2.41. The van der Waals surface area contributed by atoms with E-state index < -0.39 is 17.3 Å². The molecule has 0 radical (unpaired) electrons.